The summed E-state index contributed by atoms with van der Waals surface area (Å²) in [6.07, 6.45) is 2.21. The van der Waals surface area contributed by atoms with E-state index in [9.17, 15) is 14.0 Å². The molecule has 1 aromatic heterocycles. The number of allylic oxidation sites excluding steroid dienone is 1. The van der Waals surface area contributed by atoms with Crippen LogP contribution >= 0.6 is 0 Å². The minimum atomic E-state index is -0.342. The van der Waals surface area contributed by atoms with Gasteiger partial charge in [-0.1, -0.05) is 29.8 Å². The van der Waals surface area contributed by atoms with Crippen molar-refractivity contribution < 1.29 is 18.7 Å². The Balaban J connectivity index is 1.67. The molecule has 0 radical (unpaired) electrons. The standard InChI is InChI=1S/C30H30FN3O3/c1-4-20(3)16-29(35)32-24-12-15-27-22(17-24)18-28(34(27)19-21-8-6-7-9-26(21)31)30(36)33-23-10-13-25(14-11-23)37-5-2/h4,6-15,17-18H,5,16,19H2,1-3H3,(H,32,35)(H,33,36)/b20-4+. The summed E-state index contributed by atoms with van der Waals surface area (Å²) in [5, 5.41) is 6.59. The van der Waals surface area contributed by atoms with Crippen LogP contribution in [0.3, 0.4) is 0 Å². The Bertz CT molecular complexity index is 1450. The first kappa shape index (κ1) is 25.7. The van der Waals surface area contributed by atoms with Crippen molar-refractivity contribution in [1.82, 2.24) is 4.57 Å². The Labute approximate surface area is 215 Å². The first-order chi connectivity index (χ1) is 17.9. The molecule has 2 N–H and O–H groups in total. The summed E-state index contributed by atoms with van der Waals surface area (Å²) in [5.74, 6) is -0.0704. The number of anilines is 2. The molecule has 0 aliphatic carbocycles. The van der Waals surface area contributed by atoms with E-state index in [-0.39, 0.29) is 24.2 Å². The number of nitrogens with one attached hydrogen (secondary N) is 2. The van der Waals surface area contributed by atoms with Gasteiger partial charge in [-0.2, -0.15) is 0 Å². The molecule has 0 saturated carbocycles. The van der Waals surface area contributed by atoms with Gasteiger partial charge in [0.1, 0.15) is 17.3 Å². The topological polar surface area (TPSA) is 72.4 Å². The van der Waals surface area contributed by atoms with E-state index in [1.54, 1.807) is 59.2 Å². The zero-order valence-corrected chi connectivity index (χ0v) is 21.2. The lowest BCUT2D eigenvalue weighted by Gasteiger charge is -2.13. The van der Waals surface area contributed by atoms with Crippen LogP contribution in [0, 0.1) is 5.82 Å². The molecule has 0 aliphatic rings. The molecule has 0 unspecified atom stereocenters. The van der Waals surface area contributed by atoms with Gasteiger partial charge in [-0.25, -0.2) is 4.39 Å². The fourth-order valence-corrected chi connectivity index (χ4v) is 4.06. The van der Waals surface area contributed by atoms with Crippen molar-refractivity contribution in [2.24, 2.45) is 0 Å². The molecule has 3 aromatic carbocycles. The van der Waals surface area contributed by atoms with E-state index in [1.165, 1.54) is 6.07 Å². The van der Waals surface area contributed by atoms with Crippen LogP contribution in [0.4, 0.5) is 15.8 Å². The van der Waals surface area contributed by atoms with Gasteiger partial charge in [0.25, 0.3) is 5.91 Å². The van der Waals surface area contributed by atoms with Crippen molar-refractivity contribution in [3.63, 3.8) is 0 Å². The normalized spacial score (nSPS) is 11.4. The Morgan fingerprint density at radius 1 is 0.973 bits per heavy atom. The van der Waals surface area contributed by atoms with Crippen molar-refractivity contribution in [2.45, 2.75) is 33.7 Å². The molecule has 4 rings (SSSR count). The maximum atomic E-state index is 14.5. The molecule has 1 heterocycles. The number of benzene rings is 3. The molecule has 0 bridgehead atoms. The highest BCUT2D eigenvalue weighted by atomic mass is 19.1. The van der Waals surface area contributed by atoms with Gasteiger partial charge in [0, 0.05) is 34.3 Å². The third kappa shape index (κ3) is 6.25. The zero-order valence-electron chi connectivity index (χ0n) is 21.2. The van der Waals surface area contributed by atoms with Gasteiger partial charge in [0.15, 0.2) is 0 Å². The van der Waals surface area contributed by atoms with Crippen molar-refractivity contribution in [3.8, 4) is 5.75 Å². The number of carbonyl (C=O) groups is 2. The fourth-order valence-electron chi connectivity index (χ4n) is 4.06. The summed E-state index contributed by atoms with van der Waals surface area (Å²) in [5.41, 5.74) is 3.81. The number of ether oxygens (including phenoxy) is 1. The van der Waals surface area contributed by atoms with Crippen LogP contribution in [-0.2, 0) is 11.3 Å². The molecule has 2 amide bonds. The third-order valence-corrected chi connectivity index (χ3v) is 6.06. The second-order valence-electron chi connectivity index (χ2n) is 8.75. The van der Waals surface area contributed by atoms with Crippen molar-refractivity contribution >= 4 is 34.1 Å². The van der Waals surface area contributed by atoms with Crippen molar-refractivity contribution in [2.75, 3.05) is 17.2 Å². The first-order valence-electron chi connectivity index (χ1n) is 12.2. The summed E-state index contributed by atoms with van der Waals surface area (Å²) >= 11 is 0. The largest absolute Gasteiger partial charge is 0.494 e. The van der Waals surface area contributed by atoms with Crippen LogP contribution in [0.25, 0.3) is 10.9 Å². The number of hydrogen-bond donors (Lipinski definition) is 2. The molecule has 4 aromatic rings. The highest BCUT2D eigenvalue weighted by Gasteiger charge is 2.18. The Morgan fingerprint density at radius 3 is 2.41 bits per heavy atom. The van der Waals surface area contributed by atoms with Gasteiger partial charge in [0.05, 0.1) is 13.2 Å². The van der Waals surface area contributed by atoms with E-state index in [0.717, 1.165) is 16.5 Å². The van der Waals surface area contributed by atoms with Crippen LogP contribution < -0.4 is 15.4 Å². The minimum Gasteiger partial charge on any atom is -0.494 e. The van der Waals surface area contributed by atoms with Gasteiger partial charge in [-0.3, -0.25) is 9.59 Å². The molecule has 0 aliphatic heterocycles. The summed E-state index contributed by atoms with van der Waals surface area (Å²) in [6, 6.07) is 20.8. The van der Waals surface area contributed by atoms with E-state index < -0.39 is 0 Å². The van der Waals surface area contributed by atoms with Crippen LogP contribution in [-0.4, -0.2) is 23.0 Å². The van der Waals surface area contributed by atoms with E-state index in [2.05, 4.69) is 10.6 Å². The van der Waals surface area contributed by atoms with Gasteiger partial charge in [-0.05, 0) is 75.4 Å². The second-order valence-corrected chi connectivity index (χ2v) is 8.75. The van der Waals surface area contributed by atoms with Crippen LogP contribution in [0.1, 0.15) is 43.2 Å². The van der Waals surface area contributed by atoms with E-state index in [4.69, 9.17) is 4.74 Å². The van der Waals surface area contributed by atoms with Gasteiger partial charge in [-0.15, -0.1) is 0 Å². The van der Waals surface area contributed by atoms with Gasteiger partial charge < -0.3 is 19.9 Å². The molecule has 0 fully saturated rings. The van der Waals surface area contributed by atoms with Crippen LogP contribution in [0.2, 0.25) is 0 Å². The number of halogens is 1. The first-order valence-corrected chi connectivity index (χ1v) is 12.2. The summed E-state index contributed by atoms with van der Waals surface area (Å²) in [6.45, 7) is 6.44. The molecule has 190 valence electrons. The highest BCUT2D eigenvalue weighted by molar-refractivity contribution is 6.07. The predicted molar refractivity (Wildman–Crippen MR) is 146 cm³/mol. The summed E-state index contributed by atoms with van der Waals surface area (Å²) < 4.78 is 21.8. The number of fused-ring (bicyclic) bond motifs is 1. The Hall–Kier alpha value is -4.39. The van der Waals surface area contributed by atoms with Gasteiger partial charge in [0.2, 0.25) is 5.91 Å². The summed E-state index contributed by atoms with van der Waals surface area (Å²) in [7, 11) is 0. The Morgan fingerprint density at radius 2 is 1.70 bits per heavy atom. The molecule has 0 saturated heterocycles. The maximum Gasteiger partial charge on any atom is 0.272 e. The van der Waals surface area contributed by atoms with Crippen LogP contribution in [0.5, 0.6) is 5.75 Å². The van der Waals surface area contributed by atoms with E-state index >= 15 is 0 Å². The highest BCUT2D eigenvalue weighted by Crippen LogP contribution is 2.27. The average Bonchev–Trinajstić information content (AvgIpc) is 3.24. The van der Waals surface area contributed by atoms with Gasteiger partial charge >= 0.3 is 0 Å². The SMILES string of the molecule is C/C=C(\C)CC(=O)Nc1ccc2c(c1)cc(C(=O)Nc1ccc(OCC)cc1)n2Cc1ccccc1F. The quantitative estimate of drug-likeness (QED) is 0.250. The third-order valence-electron chi connectivity index (χ3n) is 6.06. The second kappa shape index (κ2) is 11.6. The molecule has 7 heteroatoms. The number of aromatic nitrogens is 1. The van der Waals surface area contributed by atoms with E-state index in [0.29, 0.717) is 41.4 Å². The summed E-state index contributed by atoms with van der Waals surface area (Å²) in [4.78, 5) is 25.7. The maximum absolute atomic E-state index is 14.5. The number of carbonyl (C=O) groups excluding carboxylic acids is 2. The van der Waals surface area contributed by atoms with E-state index in [1.807, 2.05) is 39.0 Å². The minimum absolute atomic E-state index is 0.116. The fraction of sp³-hybridized carbons (Fsp3) is 0.200. The van der Waals surface area contributed by atoms with Crippen LogP contribution in [0.15, 0.2) is 84.4 Å². The number of amides is 2. The molecular weight excluding hydrogens is 469 g/mol. The zero-order chi connectivity index (χ0) is 26.4. The number of hydrogen-bond acceptors (Lipinski definition) is 3. The lowest BCUT2D eigenvalue weighted by molar-refractivity contribution is -0.115. The molecule has 0 spiro atoms. The number of nitrogens with zero attached hydrogens (tertiary/aromatic N) is 1. The Kier molecular flexibility index (Phi) is 8.03. The monoisotopic (exact) mass is 499 g/mol. The lowest BCUT2D eigenvalue weighted by Crippen LogP contribution is -2.17. The predicted octanol–water partition coefficient (Wildman–Crippen LogP) is 6.77. The lowest BCUT2D eigenvalue weighted by atomic mass is 10.2. The van der Waals surface area contributed by atoms with Crippen molar-refractivity contribution in [1.29, 1.82) is 0 Å². The van der Waals surface area contributed by atoms with Crippen molar-refractivity contribution in [3.05, 3.63) is 102 Å². The smallest absolute Gasteiger partial charge is 0.272 e. The molecule has 6 nitrogen and oxygen atoms in total. The average molecular weight is 500 g/mol. The molecule has 37 heavy (non-hydrogen) atoms. The molecule has 0 atom stereocenters. The number of rotatable bonds is 9. The molecular formula is C30H30FN3O3.